The van der Waals surface area contributed by atoms with E-state index < -0.39 is 20.8 Å². The Morgan fingerprint density at radius 1 is 0.533 bits per heavy atom. The molecule has 0 radical (unpaired) electrons. The molecule has 4 aromatic carbocycles. The van der Waals surface area contributed by atoms with E-state index in [1.807, 2.05) is 97.1 Å². The van der Waals surface area contributed by atoms with Gasteiger partial charge < -0.3 is 10.2 Å². The van der Waals surface area contributed by atoms with E-state index in [1.54, 1.807) is 0 Å². The Morgan fingerprint density at radius 2 is 0.900 bits per heavy atom. The number of hydrogen-bond acceptors (Lipinski definition) is 2. The van der Waals surface area contributed by atoms with Crippen molar-refractivity contribution in [3.63, 3.8) is 0 Å². The third-order valence-corrected chi connectivity index (χ3v) is 4.79. The van der Waals surface area contributed by atoms with Crippen LogP contribution in [0.3, 0.4) is 0 Å². The molecule has 0 aliphatic carbocycles. The average Bonchev–Trinajstić information content (AvgIpc) is 2.78. The molecule has 150 valence electrons. The molecule has 0 amide bonds. The molecular weight excluding hydrogens is 494 g/mol. The first kappa shape index (κ1) is 22.6. The van der Waals surface area contributed by atoms with Crippen LogP contribution in [0.4, 0.5) is 0 Å². The number of hydrogen-bond donors (Lipinski definition) is 2. The molecule has 0 heterocycles. The molecule has 0 saturated heterocycles. The fourth-order valence-corrected chi connectivity index (χ4v) is 3.37. The van der Waals surface area contributed by atoms with Crippen molar-refractivity contribution in [1.29, 1.82) is 0 Å². The van der Waals surface area contributed by atoms with Crippen LogP contribution < -0.4 is 0 Å². The molecule has 2 N–H and O–H groups in total. The van der Waals surface area contributed by atoms with Crippen molar-refractivity contribution < 1.29 is 31.1 Å². The van der Waals surface area contributed by atoms with Crippen LogP contribution in [-0.2, 0) is 27.3 Å². The number of phenolic OH excluding ortho intramolecular Hbond substituents is 2. The minimum atomic E-state index is -0.826. The third-order valence-electron chi connectivity index (χ3n) is 4.79. The molecular formula is C25H20Cl2O2Zr. The molecule has 0 bridgehead atoms. The summed E-state index contributed by atoms with van der Waals surface area (Å²) in [5, 5.41) is 21.6. The van der Waals surface area contributed by atoms with Crippen molar-refractivity contribution in [1.82, 2.24) is 0 Å². The molecule has 30 heavy (non-hydrogen) atoms. The normalized spacial score (nSPS) is 10.1. The predicted octanol–water partition coefficient (Wildman–Crippen LogP) is 7.40. The molecule has 0 fully saturated rings. The Kier molecular flexibility index (Phi) is 8.57. The van der Waals surface area contributed by atoms with Gasteiger partial charge in [0.2, 0.25) is 0 Å². The average molecular weight is 515 g/mol. The van der Waals surface area contributed by atoms with Crippen LogP contribution >= 0.6 is 17.0 Å². The first-order valence-corrected chi connectivity index (χ1v) is 15.7. The maximum atomic E-state index is 10.8. The number of aromatic hydroxyl groups is 2. The van der Waals surface area contributed by atoms with E-state index in [1.165, 1.54) is 0 Å². The monoisotopic (exact) mass is 512 g/mol. The van der Waals surface area contributed by atoms with E-state index in [-0.39, 0.29) is 11.5 Å². The zero-order chi connectivity index (χ0) is 21.3. The Bertz CT molecular complexity index is 1000. The van der Waals surface area contributed by atoms with Gasteiger partial charge in [0.1, 0.15) is 11.5 Å². The van der Waals surface area contributed by atoms with Gasteiger partial charge in [-0.15, -0.1) is 0 Å². The Balaban J connectivity index is 0.000000806. The van der Waals surface area contributed by atoms with E-state index in [9.17, 15) is 10.2 Å². The summed E-state index contributed by atoms with van der Waals surface area (Å²) in [5.74, 6) is 0.515. The predicted molar refractivity (Wildman–Crippen MR) is 122 cm³/mol. The standard InChI is InChI=1S/C25H20O2.2ClH.Zr/c26-24-20(13-7-15-22(24)18-9-3-1-4-10-18)17-21-14-8-16-23(25(21)27)19-11-5-2-6-12-19;;;/h1-16,26-27H,17H2;2*1H;/q;;;+2/p-2. The van der Waals surface area contributed by atoms with Crippen molar-refractivity contribution in [2.45, 2.75) is 6.42 Å². The van der Waals surface area contributed by atoms with Gasteiger partial charge in [-0.1, -0.05) is 97.1 Å². The quantitative estimate of drug-likeness (QED) is 0.298. The Labute approximate surface area is 195 Å². The second-order valence-electron chi connectivity index (χ2n) is 6.61. The van der Waals surface area contributed by atoms with Crippen LogP contribution in [-0.4, -0.2) is 10.2 Å². The molecule has 0 atom stereocenters. The van der Waals surface area contributed by atoms with E-state index in [4.69, 9.17) is 17.0 Å². The number of para-hydroxylation sites is 2. The summed E-state index contributed by atoms with van der Waals surface area (Å²) >= 11 is -0.826. The summed E-state index contributed by atoms with van der Waals surface area (Å²) in [4.78, 5) is 0. The number of benzene rings is 4. The summed E-state index contributed by atoms with van der Waals surface area (Å²) in [6.45, 7) is 0. The molecule has 0 aliphatic heterocycles. The van der Waals surface area contributed by atoms with Crippen molar-refractivity contribution in [2.24, 2.45) is 0 Å². The van der Waals surface area contributed by atoms with E-state index >= 15 is 0 Å². The fourth-order valence-electron chi connectivity index (χ4n) is 3.37. The molecule has 2 nitrogen and oxygen atoms in total. The van der Waals surface area contributed by atoms with Gasteiger partial charge in [-0.25, -0.2) is 0 Å². The van der Waals surface area contributed by atoms with Crippen LogP contribution in [0, 0.1) is 0 Å². The van der Waals surface area contributed by atoms with Crippen molar-refractivity contribution in [3.8, 4) is 33.8 Å². The van der Waals surface area contributed by atoms with Gasteiger partial charge in [0, 0.05) is 17.5 Å². The van der Waals surface area contributed by atoms with Gasteiger partial charge in [-0.05, 0) is 22.3 Å². The molecule has 0 unspecified atom stereocenters. The number of halogens is 2. The fraction of sp³-hybridized carbons (Fsp3) is 0.0400. The molecule has 5 heteroatoms. The SMILES string of the molecule is Oc1c(Cc2cccc(-c3ccccc3)c2O)cccc1-c1ccccc1.[Cl][Zr][Cl]. The number of phenols is 2. The van der Waals surface area contributed by atoms with Crippen molar-refractivity contribution in [2.75, 3.05) is 0 Å². The third kappa shape index (κ3) is 5.55. The van der Waals surface area contributed by atoms with Crippen molar-refractivity contribution >= 4 is 17.0 Å². The summed E-state index contributed by atoms with van der Waals surface area (Å²) < 4.78 is 0. The zero-order valence-electron chi connectivity index (χ0n) is 16.1. The van der Waals surface area contributed by atoms with Gasteiger partial charge in [-0.2, -0.15) is 0 Å². The van der Waals surface area contributed by atoms with Gasteiger partial charge in [0.25, 0.3) is 0 Å². The Hall–Kier alpha value is -2.06. The van der Waals surface area contributed by atoms with Crippen molar-refractivity contribution in [3.05, 3.63) is 108 Å². The van der Waals surface area contributed by atoms with Crippen LogP contribution in [0.1, 0.15) is 11.1 Å². The molecule has 0 spiro atoms. The van der Waals surface area contributed by atoms with E-state index in [2.05, 4.69) is 0 Å². The molecule has 0 saturated carbocycles. The van der Waals surface area contributed by atoms with Crippen LogP contribution in [0.25, 0.3) is 22.3 Å². The van der Waals surface area contributed by atoms with Crippen LogP contribution in [0.15, 0.2) is 97.1 Å². The first-order valence-electron chi connectivity index (χ1n) is 9.34. The maximum absolute atomic E-state index is 10.8. The summed E-state index contributed by atoms with van der Waals surface area (Å²) in [5.41, 5.74) is 5.12. The summed E-state index contributed by atoms with van der Waals surface area (Å²) in [6, 6.07) is 31.1. The van der Waals surface area contributed by atoms with Gasteiger partial charge in [-0.3, -0.25) is 0 Å². The van der Waals surface area contributed by atoms with E-state index in [0.717, 1.165) is 33.4 Å². The van der Waals surface area contributed by atoms with E-state index in [0.29, 0.717) is 6.42 Å². The second-order valence-corrected chi connectivity index (χ2v) is 10.3. The molecule has 4 rings (SSSR count). The topological polar surface area (TPSA) is 40.5 Å². The zero-order valence-corrected chi connectivity index (χ0v) is 20.1. The first-order chi connectivity index (χ1) is 14.7. The second kappa shape index (κ2) is 11.4. The molecule has 0 aliphatic rings. The van der Waals surface area contributed by atoms with Gasteiger partial charge in [0.15, 0.2) is 0 Å². The van der Waals surface area contributed by atoms with Crippen LogP contribution in [0.5, 0.6) is 11.5 Å². The summed E-state index contributed by atoms with van der Waals surface area (Å²) in [7, 11) is 9.87. The Morgan fingerprint density at radius 3 is 1.27 bits per heavy atom. The van der Waals surface area contributed by atoms with Gasteiger partial charge >= 0.3 is 37.9 Å². The number of rotatable bonds is 4. The van der Waals surface area contributed by atoms with Gasteiger partial charge in [0.05, 0.1) is 0 Å². The molecule has 0 aromatic heterocycles. The van der Waals surface area contributed by atoms with Crippen LogP contribution in [0.2, 0.25) is 0 Å². The minimum absolute atomic E-state index is 0.258. The summed E-state index contributed by atoms with van der Waals surface area (Å²) in [6.07, 6.45) is 0.457. The molecule has 4 aromatic rings.